The summed E-state index contributed by atoms with van der Waals surface area (Å²) in [6, 6.07) is 11.1. The fraction of sp³-hybridized carbons (Fsp3) is 0.333. The maximum absolute atomic E-state index is 12.4. The van der Waals surface area contributed by atoms with Crippen LogP contribution in [0.3, 0.4) is 0 Å². The van der Waals surface area contributed by atoms with E-state index in [0.29, 0.717) is 23.6 Å². The van der Waals surface area contributed by atoms with E-state index in [4.69, 9.17) is 15.2 Å². The van der Waals surface area contributed by atoms with Crippen LogP contribution in [0.2, 0.25) is 0 Å². The minimum Gasteiger partial charge on any atom is -0.493 e. The molecule has 1 unspecified atom stereocenters. The summed E-state index contributed by atoms with van der Waals surface area (Å²) in [6.45, 7) is 4.01. The summed E-state index contributed by atoms with van der Waals surface area (Å²) in [5, 5.41) is 2.86. The molecule has 3 rings (SSSR count). The average molecular weight is 455 g/mol. The minimum absolute atomic E-state index is 0. The van der Waals surface area contributed by atoms with Gasteiger partial charge in [0.05, 0.1) is 18.3 Å². The summed E-state index contributed by atoms with van der Waals surface area (Å²) in [7, 11) is 1.57. The van der Waals surface area contributed by atoms with E-state index in [1.807, 2.05) is 41.9 Å². The van der Waals surface area contributed by atoms with E-state index < -0.39 is 5.54 Å². The Kier molecular flexibility index (Phi) is 9.42. The highest BCUT2D eigenvalue weighted by molar-refractivity contribution is 5.97. The van der Waals surface area contributed by atoms with Crippen LogP contribution in [-0.2, 0) is 11.4 Å². The molecule has 0 spiro atoms. The molecule has 0 bridgehead atoms. The van der Waals surface area contributed by atoms with Gasteiger partial charge in [-0.25, -0.2) is 4.98 Å². The van der Waals surface area contributed by atoms with Crippen molar-refractivity contribution in [1.82, 2.24) is 9.38 Å². The maximum atomic E-state index is 12.4. The number of nitrogens with zero attached hydrogens (tertiary/aromatic N) is 2. The van der Waals surface area contributed by atoms with Crippen LogP contribution in [0, 0.1) is 0 Å². The smallest absolute Gasteiger partial charge is 0.244 e. The predicted octanol–water partition coefficient (Wildman–Crippen LogP) is 4.22. The molecule has 164 valence electrons. The number of carbonyl (C=O) groups is 1. The van der Waals surface area contributed by atoms with Gasteiger partial charge in [0.2, 0.25) is 5.91 Å². The fourth-order valence-corrected chi connectivity index (χ4v) is 2.98. The van der Waals surface area contributed by atoms with Gasteiger partial charge in [-0.05, 0) is 37.6 Å². The largest absolute Gasteiger partial charge is 0.493 e. The van der Waals surface area contributed by atoms with Crippen molar-refractivity contribution in [3.05, 3.63) is 54.5 Å². The predicted molar refractivity (Wildman–Crippen MR) is 123 cm³/mol. The zero-order valence-electron chi connectivity index (χ0n) is 17.3. The third-order valence-corrected chi connectivity index (χ3v) is 4.50. The molecule has 0 aliphatic heterocycles. The highest BCUT2D eigenvalue weighted by Crippen LogP contribution is 2.31. The van der Waals surface area contributed by atoms with E-state index >= 15 is 0 Å². The first-order chi connectivity index (χ1) is 13.4. The first kappa shape index (κ1) is 25.6. The van der Waals surface area contributed by atoms with Crippen LogP contribution in [0.1, 0.15) is 32.4 Å². The summed E-state index contributed by atoms with van der Waals surface area (Å²) in [6.07, 6.45) is 5.28. The molecule has 1 atom stereocenters. The van der Waals surface area contributed by atoms with Crippen molar-refractivity contribution in [2.45, 2.75) is 38.8 Å². The first-order valence-electron chi connectivity index (χ1n) is 9.26. The van der Waals surface area contributed by atoms with Gasteiger partial charge < -0.3 is 24.9 Å². The molecule has 1 amide bonds. The highest BCUT2D eigenvalue weighted by atomic mass is 35.5. The van der Waals surface area contributed by atoms with Crippen LogP contribution in [0.4, 0.5) is 5.69 Å². The Morgan fingerprint density at radius 3 is 2.67 bits per heavy atom. The number of rotatable bonds is 8. The molecule has 0 aliphatic carbocycles. The highest BCUT2D eigenvalue weighted by Gasteiger charge is 2.27. The van der Waals surface area contributed by atoms with Gasteiger partial charge in [-0.15, -0.1) is 24.8 Å². The quantitative estimate of drug-likeness (QED) is 0.531. The Morgan fingerprint density at radius 2 is 2.00 bits per heavy atom. The SMILES string of the molecule is CCCC(C)(N)C(=O)Nc1ccc(OC)c(OCc2cn3ccccc3n2)c1.Cl.Cl. The van der Waals surface area contributed by atoms with E-state index in [-0.39, 0.29) is 37.3 Å². The summed E-state index contributed by atoms with van der Waals surface area (Å²) >= 11 is 0. The Balaban J connectivity index is 0.00000225. The Bertz CT molecular complexity index is 943. The molecule has 9 heteroatoms. The molecular weight excluding hydrogens is 427 g/mol. The molecule has 3 N–H and O–H groups in total. The standard InChI is InChI=1S/C21H26N4O3.2ClH/c1-4-10-21(2,22)20(26)24-15-8-9-17(27-3)18(12-15)28-14-16-13-25-11-6-5-7-19(25)23-16;;/h5-9,11-13H,4,10,14,22H2,1-3H3,(H,24,26);2*1H. The molecule has 7 nitrogen and oxygen atoms in total. The zero-order chi connectivity index (χ0) is 20.1. The maximum Gasteiger partial charge on any atom is 0.244 e. The number of methoxy groups -OCH3 is 1. The summed E-state index contributed by atoms with van der Waals surface area (Å²) in [5.74, 6) is 0.864. The molecular formula is C21H28Cl2N4O3. The van der Waals surface area contributed by atoms with Crippen molar-refractivity contribution >= 4 is 42.1 Å². The molecule has 1 aromatic carbocycles. The van der Waals surface area contributed by atoms with Gasteiger partial charge in [0.25, 0.3) is 0 Å². The minimum atomic E-state index is -0.924. The second-order valence-corrected chi connectivity index (χ2v) is 6.97. The average Bonchev–Trinajstić information content (AvgIpc) is 3.09. The van der Waals surface area contributed by atoms with Crippen LogP contribution < -0.4 is 20.5 Å². The van der Waals surface area contributed by atoms with Crippen molar-refractivity contribution in [3.8, 4) is 11.5 Å². The number of fused-ring (bicyclic) bond motifs is 1. The number of nitrogens with one attached hydrogen (secondary N) is 1. The summed E-state index contributed by atoms with van der Waals surface area (Å²) in [4.78, 5) is 17.0. The number of carbonyl (C=O) groups excluding carboxylic acids is 1. The number of pyridine rings is 1. The van der Waals surface area contributed by atoms with Gasteiger partial charge >= 0.3 is 0 Å². The normalized spacial score (nSPS) is 12.3. The summed E-state index contributed by atoms with van der Waals surface area (Å²) < 4.78 is 13.2. The Hall–Kier alpha value is -2.48. The number of nitrogens with two attached hydrogens (primary N) is 1. The number of benzene rings is 1. The van der Waals surface area contributed by atoms with Crippen LogP contribution in [0.15, 0.2) is 48.8 Å². The lowest BCUT2D eigenvalue weighted by Crippen LogP contribution is -2.48. The lowest BCUT2D eigenvalue weighted by molar-refractivity contribution is -0.120. The zero-order valence-corrected chi connectivity index (χ0v) is 18.9. The lowest BCUT2D eigenvalue weighted by atomic mass is 9.96. The first-order valence-corrected chi connectivity index (χ1v) is 9.26. The van der Waals surface area contributed by atoms with Gasteiger partial charge in [-0.2, -0.15) is 0 Å². The molecule has 0 saturated heterocycles. The van der Waals surface area contributed by atoms with Crippen molar-refractivity contribution < 1.29 is 14.3 Å². The third kappa shape index (κ3) is 6.01. The van der Waals surface area contributed by atoms with Crippen LogP contribution in [0.25, 0.3) is 5.65 Å². The third-order valence-electron chi connectivity index (χ3n) is 4.50. The molecule has 2 heterocycles. The van der Waals surface area contributed by atoms with E-state index in [1.165, 1.54) is 0 Å². The lowest BCUT2D eigenvalue weighted by Gasteiger charge is -2.23. The van der Waals surface area contributed by atoms with E-state index in [0.717, 1.165) is 17.8 Å². The van der Waals surface area contributed by atoms with Crippen molar-refractivity contribution in [3.63, 3.8) is 0 Å². The number of ether oxygens (including phenoxy) is 2. The van der Waals surface area contributed by atoms with Crippen molar-refractivity contribution in [1.29, 1.82) is 0 Å². The van der Waals surface area contributed by atoms with E-state index in [1.54, 1.807) is 32.2 Å². The monoisotopic (exact) mass is 454 g/mol. The Morgan fingerprint density at radius 1 is 1.23 bits per heavy atom. The molecule has 30 heavy (non-hydrogen) atoms. The van der Waals surface area contributed by atoms with Crippen molar-refractivity contribution in [2.75, 3.05) is 12.4 Å². The number of anilines is 1. The molecule has 0 radical (unpaired) electrons. The number of amides is 1. The fourth-order valence-electron chi connectivity index (χ4n) is 2.98. The summed E-state index contributed by atoms with van der Waals surface area (Å²) in [5.41, 5.74) is 7.43. The van der Waals surface area contributed by atoms with E-state index in [9.17, 15) is 4.79 Å². The van der Waals surface area contributed by atoms with Gasteiger partial charge in [0.15, 0.2) is 11.5 Å². The van der Waals surface area contributed by atoms with Crippen LogP contribution >= 0.6 is 24.8 Å². The second kappa shape index (κ2) is 11.1. The topological polar surface area (TPSA) is 90.9 Å². The van der Waals surface area contributed by atoms with Crippen LogP contribution in [0.5, 0.6) is 11.5 Å². The molecule has 0 saturated carbocycles. The van der Waals surface area contributed by atoms with Gasteiger partial charge in [0, 0.05) is 24.1 Å². The van der Waals surface area contributed by atoms with E-state index in [2.05, 4.69) is 10.3 Å². The molecule has 0 fully saturated rings. The number of halogens is 2. The molecule has 2 aromatic heterocycles. The second-order valence-electron chi connectivity index (χ2n) is 6.97. The number of hydrogen-bond acceptors (Lipinski definition) is 5. The van der Waals surface area contributed by atoms with Gasteiger partial charge in [0.1, 0.15) is 12.3 Å². The van der Waals surface area contributed by atoms with Crippen molar-refractivity contribution in [2.24, 2.45) is 5.73 Å². The Labute approximate surface area is 188 Å². The number of hydrogen-bond donors (Lipinski definition) is 2. The number of imidazole rings is 1. The van der Waals surface area contributed by atoms with Crippen LogP contribution in [-0.4, -0.2) is 27.9 Å². The number of aromatic nitrogens is 2. The molecule has 0 aliphatic rings. The molecule has 3 aromatic rings. The van der Waals surface area contributed by atoms with Gasteiger partial charge in [-0.1, -0.05) is 19.4 Å². The van der Waals surface area contributed by atoms with Gasteiger partial charge in [-0.3, -0.25) is 4.79 Å².